The van der Waals surface area contributed by atoms with E-state index in [1.807, 2.05) is 60.7 Å². The third-order valence-corrected chi connectivity index (χ3v) is 3.60. The summed E-state index contributed by atoms with van der Waals surface area (Å²) in [6, 6.07) is 20.9. The second-order valence-corrected chi connectivity index (χ2v) is 5.71. The molecular weight excluding hydrogens is 350 g/mol. The minimum absolute atomic E-state index is 0.0601. The number of amides is 1. The highest BCUT2D eigenvalue weighted by molar-refractivity contribution is 6.29. The zero-order valence-corrected chi connectivity index (χ0v) is 14.9. The second kappa shape index (κ2) is 10.1. The van der Waals surface area contributed by atoms with Gasteiger partial charge < -0.3 is 16.8 Å². The van der Waals surface area contributed by atoms with E-state index in [1.54, 1.807) is 0 Å². The molecule has 0 saturated carbocycles. The van der Waals surface area contributed by atoms with Crippen LogP contribution in [0.15, 0.2) is 66.7 Å². The van der Waals surface area contributed by atoms with Crippen molar-refractivity contribution in [1.29, 1.82) is 0 Å². The molecule has 6 nitrogen and oxygen atoms in total. The van der Waals surface area contributed by atoms with Crippen LogP contribution in [0.1, 0.15) is 21.5 Å². The Bertz CT molecular complexity index is 828. The van der Waals surface area contributed by atoms with Crippen LogP contribution in [0.2, 0.25) is 5.15 Å². The molecule has 134 valence electrons. The Balaban J connectivity index is 0.000000254. The van der Waals surface area contributed by atoms with Crippen molar-refractivity contribution in [3.8, 4) is 0 Å². The number of hydrogen-bond acceptors (Lipinski definition) is 5. The first-order chi connectivity index (χ1) is 12.6. The van der Waals surface area contributed by atoms with Gasteiger partial charge in [0, 0.05) is 13.1 Å². The fourth-order valence-electron chi connectivity index (χ4n) is 2.05. The van der Waals surface area contributed by atoms with Gasteiger partial charge in [0.1, 0.15) is 0 Å². The lowest BCUT2D eigenvalue weighted by Gasteiger charge is -2.06. The molecule has 0 radical (unpaired) electrons. The zero-order chi connectivity index (χ0) is 18.8. The Hall–Kier alpha value is -2.96. The molecule has 0 spiro atoms. The third kappa shape index (κ3) is 6.16. The molecule has 26 heavy (non-hydrogen) atoms. The average molecular weight is 370 g/mol. The van der Waals surface area contributed by atoms with Gasteiger partial charge in [-0.25, -0.2) is 0 Å². The zero-order valence-electron chi connectivity index (χ0n) is 14.1. The summed E-state index contributed by atoms with van der Waals surface area (Å²) in [6.45, 7) is 1.06. The van der Waals surface area contributed by atoms with E-state index in [2.05, 4.69) is 15.5 Å². The van der Waals surface area contributed by atoms with Gasteiger partial charge in [-0.1, -0.05) is 72.3 Å². The number of benzene rings is 2. The molecule has 1 amide bonds. The highest BCUT2D eigenvalue weighted by atomic mass is 35.5. The number of rotatable bonds is 4. The lowest BCUT2D eigenvalue weighted by Crippen LogP contribution is -2.24. The maximum Gasteiger partial charge on any atom is 0.255 e. The van der Waals surface area contributed by atoms with Gasteiger partial charge in [-0.15, -0.1) is 10.2 Å². The van der Waals surface area contributed by atoms with Crippen LogP contribution >= 0.6 is 11.6 Å². The average Bonchev–Trinajstić information content (AvgIpc) is 2.70. The van der Waals surface area contributed by atoms with Crippen LogP contribution in [0, 0.1) is 0 Å². The number of nitrogen functional groups attached to an aromatic ring is 1. The molecule has 1 aromatic heterocycles. The predicted molar refractivity (Wildman–Crippen MR) is 103 cm³/mol. The minimum atomic E-state index is -0.326. The molecular formula is C19H20ClN5O. The number of hydrogen-bond donors (Lipinski definition) is 3. The molecule has 0 unspecified atom stereocenters. The highest BCUT2D eigenvalue weighted by Gasteiger charge is 2.11. The number of anilines is 1. The fraction of sp³-hybridized carbons (Fsp3) is 0.105. The first-order valence-electron chi connectivity index (χ1n) is 7.95. The minimum Gasteiger partial charge on any atom is -0.382 e. The smallest absolute Gasteiger partial charge is 0.255 e. The van der Waals surface area contributed by atoms with Crippen molar-refractivity contribution in [3.63, 3.8) is 0 Å². The topological polar surface area (TPSA) is 107 Å². The molecule has 0 atom stereocenters. The van der Waals surface area contributed by atoms with Crippen LogP contribution in [0.5, 0.6) is 0 Å². The lowest BCUT2D eigenvalue weighted by molar-refractivity contribution is 0.0951. The standard InChI is InChI=1S/C12H11ClN4O.C7H9N/c13-10-6-9(11(14)17-16-10)12(18)15-7-8-4-2-1-3-5-8;8-6-7-4-2-1-3-5-7/h1-6H,7H2,(H2,14,17)(H,15,18);1-5H,6,8H2. The van der Waals surface area contributed by atoms with Gasteiger partial charge in [-0.3, -0.25) is 4.79 Å². The van der Waals surface area contributed by atoms with Crippen molar-refractivity contribution in [3.05, 3.63) is 88.6 Å². The van der Waals surface area contributed by atoms with Crippen molar-refractivity contribution in [1.82, 2.24) is 15.5 Å². The van der Waals surface area contributed by atoms with E-state index in [1.165, 1.54) is 11.6 Å². The molecule has 0 bridgehead atoms. The molecule has 1 heterocycles. The number of carbonyl (C=O) groups is 1. The van der Waals surface area contributed by atoms with Crippen molar-refractivity contribution in [2.75, 3.05) is 5.73 Å². The summed E-state index contributed by atoms with van der Waals surface area (Å²) in [7, 11) is 0. The SMILES string of the molecule is NCc1ccccc1.Nc1nnc(Cl)cc1C(=O)NCc1ccccc1. The molecule has 5 N–H and O–H groups in total. The van der Waals surface area contributed by atoms with Crippen LogP contribution in [-0.4, -0.2) is 16.1 Å². The second-order valence-electron chi connectivity index (χ2n) is 5.32. The third-order valence-electron chi connectivity index (χ3n) is 3.41. The number of halogens is 1. The summed E-state index contributed by atoms with van der Waals surface area (Å²) < 4.78 is 0. The maximum atomic E-state index is 11.9. The Morgan fingerprint density at radius 2 is 1.54 bits per heavy atom. The van der Waals surface area contributed by atoms with E-state index in [9.17, 15) is 4.79 Å². The molecule has 0 aliphatic rings. The quantitative estimate of drug-likeness (QED) is 0.655. The van der Waals surface area contributed by atoms with E-state index in [0.29, 0.717) is 13.1 Å². The lowest BCUT2D eigenvalue weighted by atomic mass is 10.2. The summed E-state index contributed by atoms with van der Waals surface area (Å²) in [6.07, 6.45) is 0. The molecule has 7 heteroatoms. The number of aromatic nitrogens is 2. The number of nitrogens with zero attached hydrogens (tertiary/aromatic N) is 2. The summed E-state index contributed by atoms with van der Waals surface area (Å²) >= 11 is 5.67. The fourth-order valence-corrected chi connectivity index (χ4v) is 2.19. The van der Waals surface area contributed by atoms with Crippen LogP contribution in [0.3, 0.4) is 0 Å². The van der Waals surface area contributed by atoms with E-state index >= 15 is 0 Å². The first-order valence-corrected chi connectivity index (χ1v) is 8.32. The summed E-state index contributed by atoms with van der Waals surface area (Å²) in [4.78, 5) is 11.9. The van der Waals surface area contributed by atoms with Gasteiger partial charge in [0.05, 0.1) is 5.56 Å². The largest absolute Gasteiger partial charge is 0.382 e. The molecule has 0 fully saturated rings. The molecule has 0 aliphatic carbocycles. The van der Waals surface area contributed by atoms with Crippen LogP contribution in [-0.2, 0) is 13.1 Å². The van der Waals surface area contributed by atoms with Crippen LogP contribution < -0.4 is 16.8 Å². The van der Waals surface area contributed by atoms with Gasteiger partial charge in [-0.05, 0) is 17.2 Å². The van der Waals surface area contributed by atoms with E-state index in [4.69, 9.17) is 23.1 Å². The maximum absolute atomic E-state index is 11.9. The van der Waals surface area contributed by atoms with E-state index < -0.39 is 0 Å². The van der Waals surface area contributed by atoms with Gasteiger partial charge in [0.25, 0.3) is 5.91 Å². The van der Waals surface area contributed by atoms with Crippen molar-refractivity contribution in [2.45, 2.75) is 13.1 Å². The van der Waals surface area contributed by atoms with E-state index in [-0.39, 0.29) is 22.4 Å². The molecule has 0 aliphatic heterocycles. The summed E-state index contributed by atoms with van der Waals surface area (Å²) in [5.41, 5.74) is 13.3. The van der Waals surface area contributed by atoms with Gasteiger partial charge in [0.15, 0.2) is 11.0 Å². The van der Waals surface area contributed by atoms with Crippen molar-refractivity contribution >= 4 is 23.3 Å². The Labute approximate surface area is 157 Å². The highest BCUT2D eigenvalue weighted by Crippen LogP contribution is 2.12. The van der Waals surface area contributed by atoms with Crippen molar-refractivity contribution in [2.24, 2.45) is 5.73 Å². The van der Waals surface area contributed by atoms with Crippen LogP contribution in [0.4, 0.5) is 5.82 Å². The van der Waals surface area contributed by atoms with Crippen molar-refractivity contribution < 1.29 is 4.79 Å². The van der Waals surface area contributed by atoms with E-state index in [0.717, 1.165) is 5.56 Å². The van der Waals surface area contributed by atoms with Gasteiger partial charge in [0.2, 0.25) is 0 Å². The Morgan fingerprint density at radius 1 is 0.962 bits per heavy atom. The molecule has 3 rings (SSSR count). The first kappa shape index (κ1) is 19.4. The predicted octanol–water partition coefficient (Wildman–Crippen LogP) is 2.79. The number of nitrogens with two attached hydrogens (primary N) is 2. The normalized spacial score (nSPS) is 9.77. The Morgan fingerprint density at radius 3 is 2.08 bits per heavy atom. The van der Waals surface area contributed by atoms with Gasteiger partial charge in [-0.2, -0.15) is 0 Å². The Kier molecular flexibility index (Phi) is 7.54. The molecule has 0 saturated heterocycles. The summed E-state index contributed by atoms with van der Waals surface area (Å²) in [5, 5.41) is 10.0. The monoisotopic (exact) mass is 369 g/mol. The van der Waals surface area contributed by atoms with Crippen LogP contribution in [0.25, 0.3) is 0 Å². The van der Waals surface area contributed by atoms with Gasteiger partial charge >= 0.3 is 0 Å². The molecule has 3 aromatic rings. The molecule has 2 aromatic carbocycles. The number of carbonyl (C=O) groups excluding carboxylic acids is 1. The summed E-state index contributed by atoms with van der Waals surface area (Å²) in [5.74, 6) is -0.266. The number of nitrogens with one attached hydrogen (secondary N) is 1.